The molecule has 2 rings (SSSR count). The second-order valence-corrected chi connectivity index (χ2v) is 5.37. The normalized spacial score (nSPS) is 11.5. The Hall–Kier alpha value is -2.98. The highest BCUT2D eigenvalue weighted by Gasteiger charge is 2.28. The zero-order chi connectivity index (χ0) is 19.1. The fraction of sp³-hybridized carbons (Fsp3) is 0.263. The van der Waals surface area contributed by atoms with Crippen LogP contribution in [0.5, 0.6) is 5.75 Å². The van der Waals surface area contributed by atoms with Gasteiger partial charge in [-0.25, -0.2) is 8.78 Å². The lowest BCUT2D eigenvalue weighted by Crippen LogP contribution is -2.31. The number of methoxy groups -OCH3 is 1. The first-order valence-corrected chi connectivity index (χ1v) is 7.91. The number of ether oxygens (including phenoxy) is 2. The molecular weight excluding hydrogens is 342 g/mol. The van der Waals surface area contributed by atoms with Gasteiger partial charge in [0.05, 0.1) is 24.3 Å². The Kier molecular flexibility index (Phi) is 6.64. The fourth-order valence-corrected chi connectivity index (χ4v) is 2.37. The van der Waals surface area contributed by atoms with E-state index in [1.54, 1.807) is 31.2 Å². The lowest BCUT2D eigenvalue weighted by Gasteiger charge is -2.19. The lowest BCUT2D eigenvalue weighted by atomic mass is 10.1. The average molecular weight is 360 g/mol. The minimum absolute atomic E-state index is 0.0111. The van der Waals surface area contributed by atoms with Gasteiger partial charge in [0.2, 0.25) is 0 Å². The summed E-state index contributed by atoms with van der Waals surface area (Å²) in [4.78, 5) is 12.4. The topological polar surface area (TPSA) is 71.3 Å². The summed E-state index contributed by atoms with van der Waals surface area (Å²) < 4.78 is 38.6. The molecule has 1 unspecified atom stereocenters. The standard InChI is InChI=1S/C19H18F2N2O3/c1-3-26-18(17-15(20)8-14(25-2)9-16(17)21)19(24)23-11-13-6-4-12(10-22)5-7-13/h4-9,18H,3,11H2,1-2H3,(H,23,24). The summed E-state index contributed by atoms with van der Waals surface area (Å²) in [7, 11) is 1.29. The Morgan fingerprint density at radius 1 is 1.23 bits per heavy atom. The van der Waals surface area contributed by atoms with Gasteiger partial charge >= 0.3 is 0 Å². The summed E-state index contributed by atoms with van der Waals surface area (Å²) in [5.74, 6) is -2.50. The van der Waals surface area contributed by atoms with Crippen molar-refractivity contribution in [1.29, 1.82) is 5.26 Å². The third-order valence-electron chi connectivity index (χ3n) is 3.67. The van der Waals surface area contributed by atoms with Gasteiger partial charge < -0.3 is 14.8 Å². The van der Waals surface area contributed by atoms with Gasteiger partial charge in [0.15, 0.2) is 6.10 Å². The molecule has 0 spiro atoms. The number of carbonyl (C=O) groups excluding carboxylic acids is 1. The largest absolute Gasteiger partial charge is 0.497 e. The Morgan fingerprint density at radius 3 is 2.35 bits per heavy atom. The molecule has 5 nitrogen and oxygen atoms in total. The van der Waals surface area contributed by atoms with Crippen LogP contribution >= 0.6 is 0 Å². The van der Waals surface area contributed by atoms with Crippen molar-refractivity contribution in [2.45, 2.75) is 19.6 Å². The first kappa shape index (κ1) is 19.3. The van der Waals surface area contributed by atoms with Crippen molar-refractivity contribution in [3.8, 4) is 11.8 Å². The van der Waals surface area contributed by atoms with E-state index in [-0.39, 0.29) is 18.9 Å². The highest BCUT2D eigenvalue weighted by atomic mass is 19.1. The van der Waals surface area contributed by atoms with Crippen LogP contribution in [0.4, 0.5) is 8.78 Å². The lowest BCUT2D eigenvalue weighted by molar-refractivity contribution is -0.133. The van der Waals surface area contributed by atoms with E-state index < -0.39 is 29.2 Å². The van der Waals surface area contributed by atoms with Gasteiger partial charge in [-0.15, -0.1) is 0 Å². The fourth-order valence-electron chi connectivity index (χ4n) is 2.37. The molecular formula is C19H18F2N2O3. The first-order chi connectivity index (χ1) is 12.5. The highest BCUT2D eigenvalue weighted by molar-refractivity contribution is 5.82. The summed E-state index contributed by atoms with van der Waals surface area (Å²) in [6.07, 6.45) is -1.43. The molecule has 0 aliphatic rings. The number of halogens is 2. The molecule has 0 bridgehead atoms. The predicted octanol–water partition coefficient (Wildman–Crippen LogP) is 3.24. The van der Waals surface area contributed by atoms with Gasteiger partial charge in [0.1, 0.15) is 17.4 Å². The summed E-state index contributed by atoms with van der Waals surface area (Å²) in [6, 6.07) is 10.6. The molecule has 0 heterocycles. The predicted molar refractivity (Wildman–Crippen MR) is 90.3 cm³/mol. The molecule has 1 amide bonds. The van der Waals surface area contributed by atoms with Crippen LogP contribution in [0.1, 0.15) is 29.7 Å². The highest BCUT2D eigenvalue weighted by Crippen LogP contribution is 2.28. The molecule has 136 valence electrons. The number of hydrogen-bond donors (Lipinski definition) is 1. The SMILES string of the molecule is CCOC(C(=O)NCc1ccc(C#N)cc1)c1c(F)cc(OC)cc1F. The number of benzene rings is 2. The van der Waals surface area contributed by atoms with Crippen molar-refractivity contribution >= 4 is 5.91 Å². The van der Waals surface area contributed by atoms with E-state index in [0.29, 0.717) is 5.56 Å². The maximum atomic E-state index is 14.3. The smallest absolute Gasteiger partial charge is 0.254 e. The van der Waals surface area contributed by atoms with Crippen LogP contribution in [0, 0.1) is 23.0 Å². The third kappa shape index (κ3) is 4.55. The summed E-state index contributed by atoms with van der Waals surface area (Å²) in [6.45, 7) is 1.85. The number of carbonyl (C=O) groups is 1. The Bertz CT molecular complexity index is 794. The number of nitriles is 1. The van der Waals surface area contributed by atoms with Crippen molar-refractivity contribution < 1.29 is 23.0 Å². The van der Waals surface area contributed by atoms with E-state index in [2.05, 4.69) is 5.32 Å². The molecule has 1 N–H and O–H groups in total. The molecule has 0 saturated carbocycles. The summed E-state index contributed by atoms with van der Waals surface area (Å²) >= 11 is 0. The minimum atomic E-state index is -1.43. The second-order valence-electron chi connectivity index (χ2n) is 5.37. The van der Waals surface area contributed by atoms with E-state index in [1.807, 2.05) is 6.07 Å². The summed E-state index contributed by atoms with van der Waals surface area (Å²) in [5.41, 5.74) is 0.767. The molecule has 26 heavy (non-hydrogen) atoms. The Morgan fingerprint density at radius 2 is 1.85 bits per heavy atom. The van der Waals surface area contributed by atoms with Crippen molar-refractivity contribution in [3.63, 3.8) is 0 Å². The van der Waals surface area contributed by atoms with Gasteiger partial charge in [-0.3, -0.25) is 4.79 Å². The molecule has 0 fully saturated rings. The zero-order valence-electron chi connectivity index (χ0n) is 14.4. The third-order valence-corrected chi connectivity index (χ3v) is 3.67. The minimum Gasteiger partial charge on any atom is -0.497 e. The summed E-state index contributed by atoms with van der Waals surface area (Å²) in [5, 5.41) is 11.4. The van der Waals surface area contributed by atoms with E-state index in [0.717, 1.165) is 17.7 Å². The van der Waals surface area contributed by atoms with Crippen molar-refractivity contribution in [2.75, 3.05) is 13.7 Å². The molecule has 0 aliphatic carbocycles. The maximum Gasteiger partial charge on any atom is 0.254 e. The maximum absolute atomic E-state index is 14.3. The van der Waals surface area contributed by atoms with Gasteiger partial charge in [-0.2, -0.15) is 5.26 Å². The molecule has 2 aromatic carbocycles. The van der Waals surface area contributed by atoms with Crippen LogP contribution in [0.25, 0.3) is 0 Å². The molecule has 1 atom stereocenters. The van der Waals surface area contributed by atoms with Crippen molar-refractivity contribution in [3.05, 3.63) is 64.7 Å². The van der Waals surface area contributed by atoms with Crippen LogP contribution in [0.2, 0.25) is 0 Å². The first-order valence-electron chi connectivity index (χ1n) is 7.91. The van der Waals surface area contributed by atoms with E-state index in [9.17, 15) is 13.6 Å². The van der Waals surface area contributed by atoms with Gasteiger partial charge in [-0.1, -0.05) is 12.1 Å². The average Bonchev–Trinajstić information content (AvgIpc) is 2.65. The number of amides is 1. The van der Waals surface area contributed by atoms with Crippen LogP contribution in [0.3, 0.4) is 0 Å². The molecule has 0 saturated heterocycles. The number of hydrogen-bond acceptors (Lipinski definition) is 4. The Labute approximate surface area is 150 Å². The van der Waals surface area contributed by atoms with Crippen molar-refractivity contribution in [2.24, 2.45) is 0 Å². The van der Waals surface area contributed by atoms with Crippen LogP contribution in [0.15, 0.2) is 36.4 Å². The van der Waals surface area contributed by atoms with Gasteiger partial charge in [-0.05, 0) is 24.6 Å². The van der Waals surface area contributed by atoms with Gasteiger partial charge in [0.25, 0.3) is 5.91 Å². The number of nitrogens with zero attached hydrogens (tertiary/aromatic N) is 1. The Balaban J connectivity index is 2.18. The molecule has 2 aromatic rings. The number of nitrogens with one attached hydrogen (secondary N) is 1. The van der Waals surface area contributed by atoms with Gasteiger partial charge in [0, 0.05) is 25.3 Å². The molecule has 0 radical (unpaired) electrons. The van der Waals surface area contributed by atoms with Crippen LogP contribution in [-0.2, 0) is 16.1 Å². The second kappa shape index (κ2) is 8.92. The zero-order valence-corrected chi connectivity index (χ0v) is 14.4. The molecule has 7 heteroatoms. The monoisotopic (exact) mass is 360 g/mol. The molecule has 0 aromatic heterocycles. The van der Waals surface area contributed by atoms with Crippen molar-refractivity contribution in [1.82, 2.24) is 5.32 Å². The van der Waals surface area contributed by atoms with E-state index >= 15 is 0 Å². The quantitative estimate of drug-likeness (QED) is 0.823. The molecule has 0 aliphatic heterocycles. The van der Waals surface area contributed by atoms with Crippen LogP contribution < -0.4 is 10.1 Å². The van der Waals surface area contributed by atoms with E-state index in [1.165, 1.54) is 7.11 Å². The number of rotatable bonds is 7. The van der Waals surface area contributed by atoms with E-state index in [4.69, 9.17) is 14.7 Å². The van der Waals surface area contributed by atoms with Crippen LogP contribution in [-0.4, -0.2) is 19.6 Å².